The minimum atomic E-state index is -4.38. The van der Waals surface area contributed by atoms with Gasteiger partial charge in [0.25, 0.3) is 0 Å². The quantitative estimate of drug-likeness (QED) is 0.625. The smallest absolute Gasteiger partial charge is 0.416 e. The molecule has 7 heteroatoms. The van der Waals surface area contributed by atoms with Gasteiger partial charge in [0.1, 0.15) is 18.4 Å². The number of nitrogens with zero attached hydrogens (tertiary/aromatic N) is 1. The lowest BCUT2D eigenvalue weighted by molar-refractivity contribution is -0.137. The lowest BCUT2D eigenvalue weighted by Crippen LogP contribution is -2.13. The Balaban J connectivity index is 1.92. The number of anilines is 1. The van der Waals surface area contributed by atoms with Crippen molar-refractivity contribution in [3.8, 4) is 11.8 Å². The molecular weight excluding hydrogens is 333 g/mol. The predicted molar refractivity (Wildman–Crippen MR) is 86.6 cm³/mol. The van der Waals surface area contributed by atoms with Crippen LogP contribution in [0.3, 0.4) is 0 Å². The van der Waals surface area contributed by atoms with E-state index in [4.69, 9.17) is 10.00 Å². The van der Waals surface area contributed by atoms with Gasteiger partial charge in [-0.25, -0.2) is 0 Å². The Hall–Kier alpha value is -3.01. The predicted octanol–water partition coefficient (Wildman–Crippen LogP) is 4.27. The van der Waals surface area contributed by atoms with Gasteiger partial charge in [0.05, 0.1) is 16.8 Å². The number of alkyl halides is 3. The fourth-order valence-electron chi connectivity index (χ4n) is 2.10. The molecule has 0 atom stereocenters. The molecule has 0 aliphatic carbocycles. The summed E-state index contributed by atoms with van der Waals surface area (Å²) in [5.41, 5.74) is 0.633. The summed E-state index contributed by atoms with van der Waals surface area (Å²) < 4.78 is 42.8. The summed E-state index contributed by atoms with van der Waals surface area (Å²) in [6.45, 7) is 1.93. The summed E-state index contributed by atoms with van der Waals surface area (Å²) >= 11 is 0. The first-order valence-electron chi connectivity index (χ1n) is 7.40. The first kappa shape index (κ1) is 18.3. The maximum atomic E-state index is 12.5. The van der Waals surface area contributed by atoms with Gasteiger partial charge >= 0.3 is 6.18 Å². The highest BCUT2D eigenvalue weighted by Gasteiger charge is 2.29. The van der Waals surface area contributed by atoms with Crippen LogP contribution in [-0.2, 0) is 6.18 Å². The zero-order valence-corrected chi connectivity index (χ0v) is 13.4. The molecule has 0 heterocycles. The Bertz CT molecular complexity index is 793. The Labute approximate surface area is 142 Å². The zero-order valence-electron chi connectivity index (χ0n) is 13.4. The van der Waals surface area contributed by atoms with Crippen LogP contribution in [0.2, 0.25) is 0 Å². The third kappa shape index (κ3) is 4.98. The van der Waals surface area contributed by atoms with Crippen LogP contribution in [0.5, 0.6) is 5.75 Å². The molecule has 1 N–H and O–H groups in total. The molecule has 2 rings (SSSR count). The SMILES string of the molecule is CC(=O)c1ccc(C#N)c(NCCOc2ccc(C(F)(F)F)cc2)c1. The molecule has 2 aromatic rings. The van der Waals surface area contributed by atoms with Crippen LogP contribution in [0.1, 0.15) is 28.4 Å². The maximum Gasteiger partial charge on any atom is 0.416 e. The van der Waals surface area contributed by atoms with E-state index >= 15 is 0 Å². The second kappa shape index (κ2) is 7.71. The van der Waals surface area contributed by atoms with E-state index in [1.54, 1.807) is 18.2 Å². The topological polar surface area (TPSA) is 62.1 Å². The van der Waals surface area contributed by atoms with Crippen molar-refractivity contribution in [3.05, 3.63) is 59.2 Å². The first-order valence-corrected chi connectivity index (χ1v) is 7.40. The van der Waals surface area contributed by atoms with E-state index in [1.165, 1.54) is 19.1 Å². The zero-order chi connectivity index (χ0) is 18.4. The molecule has 2 aromatic carbocycles. The van der Waals surface area contributed by atoms with Gasteiger partial charge in [-0.3, -0.25) is 4.79 Å². The molecule has 0 saturated heterocycles. The van der Waals surface area contributed by atoms with Gasteiger partial charge in [0.2, 0.25) is 0 Å². The van der Waals surface area contributed by atoms with Crippen LogP contribution >= 0.6 is 0 Å². The fraction of sp³-hybridized carbons (Fsp3) is 0.222. The van der Waals surface area contributed by atoms with Crippen LogP contribution in [0.15, 0.2) is 42.5 Å². The Kier molecular flexibility index (Phi) is 5.65. The summed E-state index contributed by atoms with van der Waals surface area (Å²) in [7, 11) is 0. The molecule has 0 aliphatic heterocycles. The standard InChI is InChI=1S/C18H15F3N2O2/c1-12(24)13-2-3-14(11-22)17(10-13)23-8-9-25-16-6-4-15(5-7-16)18(19,20)21/h2-7,10,23H,8-9H2,1H3. The number of Topliss-reactive ketones (excluding diaryl/α,β-unsaturated/α-hetero) is 1. The highest BCUT2D eigenvalue weighted by Crippen LogP contribution is 2.30. The summed E-state index contributed by atoms with van der Waals surface area (Å²) in [6, 6.07) is 11.1. The van der Waals surface area contributed by atoms with E-state index in [9.17, 15) is 18.0 Å². The van der Waals surface area contributed by atoms with E-state index < -0.39 is 11.7 Å². The van der Waals surface area contributed by atoms with Crippen LogP contribution in [0.25, 0.3) is 0 Å². The number of carbonyl (C=O) groups is 1. The number of benzene rings is 2. The number of ether oxygens (including phenoxy) is 1. The highest BCUT2D eigenvalue weighted by molar-refractivity contribution is 5.95. The van der Waals surface area contributed by atoms with Gasteiger partial charge in [-0.15, -0.1) is 0 Å². The molecule has 0 fully saturated rings. The van der Waals surface area contributed by atoms with Crippen LogP contribution in [-0.4, -0.2) is 18.9 Å². The van der Waals surface area contributed by atoms with Gasteiger partial charge < -0.3 is 10.1 Å². The second-order valence-corrected chi connectivity index (χ2v) is 5.23. The molecule has 130 valence electrons. The molecule has 0 saturated carbocycles. The minimum Gasteiger partial charge on any atom is -0.492 e. The van der Waals surface area contributed by atoms with Gasteiger partial charge in [-0.2, -0.15) is 18.4 Å². The van der Waals surface area contributed by atoms with E-state index in [-0.39, 0.29) is 12.4 Å². The van der Waals surface area contributed by atoms with Gasteiger partial charge in [-0.05, 0) is 49.4 Å². The monoisotopic (exact) mass is 348 g/mol. The normalized spacial score (nSPS) is 10.8. The molecule has 0 unspecified atom stereocenters. The number of halogens is 3. The van der Waals surface area contributed by atoms with Crippen molar-refractivity contribution in [2.75, 3.05) is 18.5 Å². The van der Waals surface area contributed by atoms with Crippen molar-refractivity contribution in [1.82, 2.24) is 0 Å². The second-order valence-electron chi connectivity index (χ2n) is 5.23. The third-order valence-corrected chi connectivity index (χ3v) is 3.41. The molecule has 0 spiro atoms. The van der Waals surface area contributed by atoms with E-state index in [0.717, 1.165) is 12.1 Å². The van der Waals surface area contributed by atoms with Crippen LogP contribution < -0.4 is 10.1 Å². The lowest BCUT2D eigenvalue weighted by Gasteiger charge is -2.11. The number of hydrogen-bond acceptors (Lipinski definition) is 4. The average molecular weight is 348 g/mol. The van der Waals surface area contributed by atoms with Gasteiger partial charge in [0, 0.05) is 12.1 Å². The van der Waals surface area contributed by atoms with Crippen molar-refractivity contribution in [2.24, 2.45) is 0 Å². The molecule has 0 bridgehead atoms. The summed E-state index contributed by atoms with van der Waals surface area (Å²) in [6.07, 6.45) is -4.38. The Morgan fingerprint density at radius 1 is 1.20 bits per heavy atom. The van der Waals surface area contributed by atoms with Crippen molar-refractivity contribution in [1.29, 1.82) is 5.26 Å². The Morgan fingerprint density at radius 2 is 1.88 bits per heavy atom. The largest absolute Gasteiger partial charge is 0.492 e. The molecule has 25 heavy (non-hydrogen) atoms. The molecule has 0 amide bonds. The summed E-state index contributed by atoms with van der Waals surface area (Å²) in [4.78, 5) is 11.4. The van der Waals surface area contributed by atoms with Crippen molar-refractivity contribution < 1.29 is 22.7 Å². The average Bonchev–Trinajstić information content (AvgIpc) is 2.58. The molecule has 0 aromatic heterocycles. The van der Waals surface area contributed by atoms with E-state index in [1.807, 2.05) is 6.07 Å². The summed E-state index contributed by atoms with van der Waals surface area (Å²) in [5, 5.41) is 12.1. The van der Waals surface area contributed by atoms with Gasteiger partial charge in [-0.1, -0.05) is 0 Å². The fourth-order valence-corrected chi connectivity index (χ4v) is 2.10. The van der Waals surface area contributed by atoms with Crippen molar-refractivity contribution in [3.63, 3.8) is 0 Å². The number of ketones is 1. The summed E-state index contributed by atoms with van der Waals surface area (Å²) in [5.74, 6) is 0.196. The first-order chi connectivity index (χ1) is 11.8. The van der Waals surface area contributed by atoms with Crippen molar-refractivity contribution in [2.45, 2.75) is 13.1 Å². The number of rotatable bonds is 6. The number of hydrogen-bond donors (Lipinski definition) is 1. The molecule has 0 aliphatic rings. The number of nitrogens with one attached hydrogen (secondary N) is 1. The van der Waals surface area contributed by atoms with Gasteiger partial charge in [0.15, 0.2) is 5.78 Å². The molecule has 0 radical (unpaired) electrons. The number of carbonyl (C=O) groups excluding carboxylic acids is 1. The van der Waals surface area contributed by atoms with Crippen LogP contribution in [0.4, 0.5) is 18.9 Å². The van der Waals surface area contributed by atoms with Crippen molar-refractivity contribution >= 4 is 11.5 Å². The van der Waals surface area contributed by atoms with Crippen LogP contribution in [0, 0.1) is 11.3 Å². The molecular formula is C18H15F3N2O2. The van der Waals surface area contributed by atoms with E-state index in [2.05, 4.69) is 5.32 Å². The number of nitriles is 1. The van der Waals surface area contributed by atoms with E-state index in [0.29, 0.717) is 29.1 Å². The third-order valence-electron chi connectivity index (χ3n) is 3.41. The maximum absolute atomic E-state index is 12.5. The Morgan fingerprint density at radius 3 is 2.44 bits per heavy atom. The lowest BCUT2D eigenvalue weighted by atomic mass is 10.1. The minimum absolute atomic E-state index is 0.117. The highest BCUT2D eigenvalue weighted by atomic mass is 19.4. The molecule has 4 nitrogen and oxygen atoms in total.